The summed E-state index contributed by atoms with van der Waals surface area (Å²) in [5.74, 6) is -0.622. The standard InChI is InChI=1S/C13H8INO5/c14-8-1-3-9(4-2-8)20-10-5-6-11(13(16)17)12(7-10)15(18)19/h1-7H,(H,16,17). The molecule has 0 heterocycles. The van der Waals surface area contributed by atoms with E-state index in [1.807, 2.05) is 12.1 Å². The van der Waals surface area contributed by atoms with Crippen LogP contribution in [0.4, 0.5) is 5.69 Å². The molecule has 2 rings (SSSR count). The zero-order chi connectivity index (χ0) is 14.7. The summed E-state index contributed by atoms with van der Waals surface area (Å²) in [6.45, 7) is 0. The van der Waals surface area contributed by atoms with Crippen molar-refractivity contribution in [2.75, 3.05) is 0 Å². The normalized spacial score (nSPS) is 10.1. The molecule has 2 aromatic carbocycles. The Balaban J connectivity index is 2.34. The Bertz CT molecular complexity index is 669. The van der Waals surface area contributed by atoms with Crippen molar-refractivity contribution in [3.05, 3.63) is 61.7 Å². The Morgan fingerprint density at radius 1 is 1.15 bits per heavy atom. The highest BCUT2D eigenvalue weighted by atomic mass is 127. The van der Waals surface area contributed by atoms with Crippen molar-refractivity contribution in [3.63, 3.8) is 0 Å². The summed E-state index contributed by atoms with van der Waals surface area (Å²) in [4.78, 5) is 21.0. The minimum atomic E-state index is -1.35. The van der Waals surface area contributed by atoms with Gasteiger partial charge in [0.25, 0.3) is 5.69 Å². The monoisotopic (exact) mass is 385 g/mol. The average molecular weight is 385 g/mol. The van der Waals surface area contributed by atoms with Gasteiger partial charge >= 0.3 is 5.97 Å². The van der Waals surface area contributed by atoms with Crippen molar-refractivity contribution in [2.45, 2.75) is 0 Å². The Morgan fingerprint density at radius 3 is 2.30 bits per heavy atom. The minimum absolute atomic E-state index is 0.211. The second kappa shape index (κ2) is 5.87. The van der Waals surface area contributed by atoms with Crippen LogP contribution in [0.25, 0.3) is 0 Å². The van der Waals surface area contributed by atoms with Gasteiger partial charge in [-0.15, -0.1) is 0 Å². The first kappa shape index (κ1) is 14.3. The number of carboxylic acids is 1. The third-order valence-corrected chi connectivity index (χ3v) is 3.16. The van der Waals surface area contributed by atoms with Crippen molar-refractivity contribution >= 4 is 34.2 Å². The molecular weight excluding hydrogens is 377 g/mol. The third kappa shape index (κ3) is 3.23. The van der Waals surface area contributed by atoms with Crippen LogP contribution in [0.1, 0.15) is 10.4 Å². The van der Waals surface area contributed by atoms with Gasteiger partial charge in [-0.3, -0.25) is 10.1 Å². The summed E-state index contributed by atoms with van der Waals surface area (Å²) >= 11 is 2.14. The molecule has 1 N–H and O–H groups in total. The topological polar surface area (TPSA) is 89.7 Å². The fourth-order valence-electron chi connectivity index (χ4n) is 1.55. The predicted molar refractivity (Wildman–Crippen MR) is 79.3 cm³/mol. The van der Waals surface area contributed by atoms with E-state index < -0.39 is 16.6 Å². The van der Waals surface area contributed by atoms with Crippen molar-refractivity contribution < 1.29 is 19.6 Å². The lowest BCUT2D eigenvalue weighted by Crippen LogP contribution is -2.02. The van der Waals surface area contributed by atoms with E-state index in [1.54, 1.807) is 12.1 Å². The molecule has 0 amide bonds. The molecule has 0 aromatic heterocycles. The quantitative estimate of drug-likeness (QED) is 0.493. The van der Waals surface area contributed by atoms with Gasteiger partial charge in [0.2, 0.25) is 0 Å². The van der Waals surface area contributed by atoms with Crippen molar-refractivity contribution in [3.8, 4) is 11.5 Å². The molecular formula is C13H8INO5. The molecule has 0 bridgehead atoms. The van der Waals surface area contributed by atoms with Gasteiger partial charge in [0.05, 0.1) is 11.0 Å². The molecule has 20 heavy (non-hydrogen) atoms. The number of carboxylic acid groups (broad SMARTS) is 1. The number of nitro benzene ring substituents is 1. The molecule has 102 valence electrons. The number of hydrogen-bond acceptors (Lipinski definition) is 4. The zero-order valence-corrected chi connectivity index (χ0v) is 12.1. The number of rotatable bonds is 4. The predicted octanol–water partition coefficient (Wildman–Crippen LogP) is 3.69. The second-order valence-corrected chi connectivity index (χ2v) is 5.04. The lowest BCUT2D eigenvalue weighted by atomic mass is 10.2. The van der Waals surface area contributed by atoms with Crippen molar-refractivity contribution in [2.24, 2.45) is 0 Å². The fraction of sp³-hybridized carbons (Fsp3) is 0. The SMILES string of the molecule is O=C(O)c1ccc(Oc2ccc(I)cc2)cc1[N+](=O)[O-]. The van der Waals surface area contributed by atoms with E-state index in [1.165, 1.54) is 6.07 Å². The smallest absolute Gasteiger partial charge is 0.342 e. The summed E-state index contributed by atoms with van der Waals surface area (Å²) in [7, 11) is 0. The fourth-order valence-corrected chi connectivity index (χ4v) is 1.91. The molecule has 0 unspecified atom stereocenters. The van der Waals surface area contributed by atoms with Gasteiger partial charge in [0, 0.05) is 3.57 Å². The maximum atomic E-state index is 10.9. The lowest BCUT2D eigenvalue weighted by molar-refractivity contribution is -0.385. The number of ether oxygens (including phenoxy) is 1. The van der Waals surface area contributed by atoms with E-state index >= 15 is 0 Å². The molecule has 0 saturated carbocycles. The van der Waals surface area contributed by atoms with E-state index in [4.69, 9.17) is 9.84 Å². The maximum absolute atomic E-state index is 10.9. The van der Waals surface area contributed by atoms with E-state index in [9.17, 15) is 14.9 Å². The van der Waals surface area contributed by atoms with Gasteiger partial charge < -0.3 is 9.84 Å². The Kier molecular flexibility index (Phi) is 4.18. The molecule has 2 aromatic rings. The van der Waals surface area contributed by atoms with Crippen LogP contribution in [0.3, 0.4) is 0 Å². The van der Waals surface area contributed by atoms with Gasteiger partial charge in [-0.1, -0.05) is 0 Å². The van der Waals surface area contributed by atoms with Gasteiger partial charge in [-0.2, -0.15) is 0 Å². The largest absolute Gasteiger partial charge is 0.477 e. The van der Waals surface area contributed by atoms with E-state index in [0.29, 0.717) is 5.75 Å². The van der Waals surface area contributed by atoms with E-state index in [-0.39, 0.29) is 11.3 Å². The number of benzene rings is 2. The highest BCUT2D eigenvalue weighted by molar-refractivity contribution is 14.1. The van der Waals surface area contributed by atoms with Gasteiger partial charge in [0.1, 0.15) is 17.1 Å². The molecule has 0 aliphatic heterocycles. The molecule has 0 fully saturated rings. The van der Waals surface area contributed by atoms with Crippen molar-refractivity contribution in [1.82, 2.24) is 0 Å². The first-order valence-corrected chi connectivity index (χ1v) is 6.50. The van der Waals surface area contributed by atoms with Crippen LogP contribution in [0, 0.1) is 13.7 Å². The first-order chi connectivity index (χ1) is 9.47. The molecule has 0 radical (unpaired) electrons. The summed E-state index contributed by atoms with van der Waals surface area (Å²) < 4.78 is 6.49. The molecule has 0 saturated heterocycles. The zero-order valence-electron chi connectivity index (χ0n) is 9.95. The summed E-state index contributed by atoms with van der Waals surface area (Å²) in [6, 6.07) is 10.7. The number of hydrogen-bond donors (Lipinski definition) is 1. The van der Waals surface area contributed by atoms with Crippen LogP contribution in [0.15, 0.2) is 42.5 Å². The number of nitro groups is 1. The number of carbonyl (C=O) groups is 1. The number of aromatic carboxylic acids is 1. The highest BCUT2D eigenvalue weighted by Gasteiger charge is 2.20. The molecule has 0 spiro atoms. The highest BCUT2D eigenvalue weighted by Crippen LogP contribution is 2.28. The Morgan fingerprint density at radius 2 is 1.75 bits per heavy atom. The van der Waals surface area contributed by atoms with Gasteiger partial charge in [0.15, 0.2) is 0 Å². The molecule has 0 atom stereocenters. The number of nitrogens with zero attached hydrogens (tertiary/aromatic N) is 1. The molecule has 0 aliphatic rings. The minimum Gasteiger partial charge on any atom is -0.477 e. The third-order valence-electron chi connectivity index (χ3n) is 2.45. The summed E-state index contributed by atoms with van der Waals surface area (Å²) in [5.41, 5.74) is -0.870. The van der Waals surface area contributed by atoms with E-state index in [0.717, 1.165) is 15.7 Å². The van der Waals surface area contributed by atoms with Crippen LogP contribution in [0.2, 0.25) is 0 Å². The molecule has 7 heteroatoms. The Labute approximate surface area is 127 Å². The van der Waals surface area contributed by atoms with E-state index in [2.05, 4.69) is 22.6 Å². The van der Waals surface area contributed by atoms with Crippen LogP contribution in [-0.4, -0.2) is 16.0 Å². The van der Waals surface area contributed by atoms with Gasteiger partial charge in [-0.25, -0.2) is 4.79 Å². The average Bonchev–Trinajstić information content (AvgIpc) is 2.41. The molecule has 6 nitrogen and oxygen atoms in total. The maximum Gasteiger partial charge on any atom is 0.342 e. The Hall–Kier alpha value is -2.16. The lowest BCUT2D eigenvalue weighted by Gasteiger charge is -2.06. The van der Waals surface area contributed by atoms with Crippen LogP contribution in [-0.2, 0) is 0 Å². The van der Waals surface area contributed by atoms with Crippen molar-refractivity contribution in [1.29, 1.82) is 0 Å². The van der Waals surface area contributed by atoms with Crippen LogP contribution in [0.5, 0.6) is 11.5 Å². The first-order valence-electron chi connectivity index (χ1n) is 5.42. The second-order valence-electron chi connectivity index (χ2n) is 3.80. The van der Waals surface area contributed by atoms with Crippen LogP contribution >= 0.6 is 22.6 Å². The van der Waals surface area contributed by atoms with Crippen LogP contribution < -0.4 is 4.74 Å². The molecule has 0 aliphatic carbocycles. The summed E-state index contributed by atoms with van der Waals surface area (Å²) in [5, 5.41) is 19.7. The van der Waals surface area contributed by atoms with Gasteiger partial charge in [-0.05, 0) is 59.0 Å². The summed E-state index contributed by atoms with van der Waals surface area (Å²) in [6.07, 6.45) is 0. The number of halogens is 1.